The topological polar surface area (TPSA) is 37.3 Å². The molecule has 1 aromatic heterocycles. The van der Waals surface area contributed by atoms with Crippen molar-refractivity contribution in [3.63, 3.8) is 0 Å². The summed E-state index contributed by atoms with van der Waals surface area (Å²) in [5.41, 5.74) is 0. The summed E-state index contributed by atoms with van der Waals surface area (Å²) >= 11 is 10.4. The molecule has 0 saturated carbocycles. The summed E-state index contributed by atoms with van der Waals surface area (Å²) in [5, 5.41) is 10.3. The Hall–Kier alpha value is -0.580. The van der Waals surface area contributed by atoms with E-state index in [1.54, 1.807) is 12.1 Å². The summed E-state index contributed by atoms with van der Waals surface area (Å²) in [4.78, 5) is 11.1. The summed E-state index contributed by atoms with van der Waals surface area (Å²) < 4.78 is 1.41. The Morgan fingerprint density at radius 2 is 2.21 bits per heavy atom. The smallest absolute Gasteiger partial charge is 0.347 e. The predicted molar refractivity (Wildman–Crippen MR) is 61.5 cm³/mol. The van der Waals surface area contributed by atoms with Crippen LogP contribution in [0.25, 0.3) is 10.1 Å². The zero-order valence-electron chi connectivity index (χ0n) is 6.75. The van der Waals surface area contributed by atoms with Crippen molar-refractivity contribution in [2.45, 2.75) is 0 Å². The van der Waals surface area contributed by atoms with Gasteiger partial charge < -0.3 is 5.11 Å². The van der Waals surface area contributed by atoms with Gasteiger partial charge in [0.25, 0.3) is 0 Å². The Balaban J connectivity index is 2.86. The minimum Gasteiger partial charge on any atom is -0.477 e. The number of fused-ring (bicyclic) bond motifs is 1. The van der Waals surface area contributed by atoms with Gasteiger partial charge in [0.15, 0.2) is 0 Å². The monoisotopic (exact) mass is 290 g/mol. The highest BCUT2D eigenvalue weighted by atomic mass is 79.9. The van der Waals surface area contributed by atoms with Crippen molar-refractivity contribution >= 4 is 54.9 Å². The molecule has 0 spiro atoms. The molecule has 2 aromatic rings. The molecular formula is C9H4BrClO2S. The molecule has 0 fully saturated rings. The van der Waals surface area contributed by atoms with Crippen LogP contribution in [0.3, 0.4) is 0 Å². The lowest BCUT2D eigenvalue weighted by Crippen LogP contribution is -1.91. The number of hydrogen-bond acceptors (Lipinski definition) is 2. The van der Waals surface area contributed by atoms with E-state index in [9.17, 15) is 4.79 Å². The molecule has 0 aliphatic heterocycles. The van der Waals surface area contributed by atoms with Crippen LogP contribution in [0, 0.1) is 0 Å². The maximum atomic E-state index is 10.8. The van der Waals surface area contributed by atoms with Gasteiger partial charge in [0.05, 0.1) is 14.2 Å². The number of benzene rings is 1. The maximum absolute atomic E-state index is 10.8. The minimum absolute atomic E-state index is 0.285. The molecule has 14 heavy (non-hydrogen) atoms. The molecule has 0 unspecified atom stereocenters. The zero-order valence-corrected chi connectivity index (χ0v) is 9.91. The fourth-order valence-corrected chi connectivity index (χ4v) is 3.29. The SMILES string of the molecule is O=C(O)c1sc2c(Cl)cccc2c1Br. The molecule has 0 aliphatic rings. The average Bonchev–Trinajstić information content (AvgIpc) is 2.46. The van der Waals surface area contributed by atoms with Crippen molar-refractivity contribution in [1.29, 1.82) is 0 Å². The quantitative estimate of drug-likeness (QED) is 0.862. The lowest BCUT2D eigenvalue weighted by atomic mass is 10.2. The Kier molecular flexibility index (Phi) is 2.51. The second-order valence-corrected chi connectivity index (χ2v) is 4.89. The summed E-state index contributed by atoms with van der Waals surface area (Å²) in [7, 11) is 0. The molecule has 0 bridgehead atoms. The van der Waals surface area contributed by atoms with E-state index in [4.69, 9.17) is 16.7 Å². The number of carboxylic acids is 1. The van der Waals surface area contributed by atoms with E-state index in [1.165, 1.54) is 11.3 Å². The number of carboxylic acid groups (broad SMARTS) is 1. The number of thiophene rings is 1. The highest BCUT2D eigenvalue weighted by Gasteiger charge is 2.16. The molecule has 72 valence electrons. The van der Waals surface area contributed by atoms with Gasteiger partial charge in [-0.2, -0.15) is 0 Å². The first-order valence-corrected chi connectivity index (χ1v) is 5.70. The highest BCUT2D eigenvalue weighted by Crippen LogP contribution is 2.38. The minimum atomic E-state index is -0.936. The van der Waals surface area contributed by atoms with Crippen molar-refractivity contribution < 1.29 is 9.90 Å². The third kappa shape index (κ3) is 1.43. The van der Waals surface area contributed by atoms with Gasteiger partial charge in [-0.15, -0.1) is 11.3 Å². The molecule has 1 heterocycles. The van der Waals surface area contributed by atoms with Gasteiger partial charge in [0, 0.05) is 5.39 Å². The van der Waals surface area contributed by atoms with Gasteiger partial charge in [0.1, 0.15) is 4.88 Å². The molecule has 2 nitrogen and oxygen atoms in total. The van der Waals surface area contributed by atoms with Crippen LogP contribution in [0.15, 0.2) is 22.7 Å². The fraction of sp³-hybridized carbons (Fsp3) is 0. The third-order valence-corrected chi connectivity index (χ3v) is 4.54. The first-order chi connectivity index (χ1) is 6.61. The van der Waals surface area contributed by atoms with E-state index in [2.05, 4.69) is 15.9 Å². The van der Waals surface area contributed by atoms with Gasteiger partial charge in [-0.1, -0.05) is 23.7 Å². The summed E-state index contributed by atoms with van der Waals surface area (Å²) in [6.07, 6.45) is 0. The third-order valence-electron chi connectivity index (χ3n) is 1.80. The van der Waals surface area contributed by atoms with Crippen LogP contribution in [0.4, 0.5) is 0 Å². The maximum Gasteiger partial charge on any atom is 0.347 e. The second kappa shape index (κ2) is 3.53. The first-order valence-electron chi connectivity index (χ1n) is 3.71. The molecule has 1 aromatic carbocycles. The van der Waals surface area contributed by atoms with Crippen LogP contribution in [0.1, 0.15) is 9.67 Å². The number of halogens is 2. The van der Waals surface area contributed by atoms with Crippen molar-refractivity contribution in [3.05, 3.63) is 32.6 Å². The van der Waals surface area contributed by atoms with Crippen molar-refractivity contribution in [2.75, 3.05) is 0 Å². The van der Waals surface area contributed by atoms with Crippen LogP contribution in [0.2, 0.25) is 5.02 Å². The summed E-state index contributed by atoms with van der Waals surface area (Å²) in [5.74, 6) is -0.936. The number of hydrogen-bond donors (Lipinski definition) is 1. The predicted octanol–water partition coefficient (Wildman–Crippen LogP) is 4.02. The van der Waals surface area contributed by atoms with Gasteiger partial charge in [0.2, 0.25) is 0 Å². The van der Waals surface area contributed by atoms with Crippen molar-refractivity contribution in [2.24, 2.45) is 0 Å². The van der Waals surface area contributed by atoms with Crippen LogP contribution in [-0.2, 0) is 0 Å². The van der Waals surface area contributed by atoms with Crippen LogP contribution < -0.4 is 0 Å². The number of aromatic carboxylic acids is 1. The molecule has 5 heteroatoms. The molecule has 2 rings (SSSR count). The molecule has 1 N–H and O–H groups in total. The van der Waals surface area contributed by atoms with Crippen LogP contribution in [0.5, 0.6) is 0 Å². The van der Waals surface area contributed by atoms with E-state index in [1.807, 2.05) is 6.07 Å². The number of carbonyl (C=O) groups is 1. The fourth-order valence-electron chi connectivity index (χ4n) is 1.19. The Labute approximate surface area is 97.2 Å². The summed E-state index contributed by atoms with van der Waals surface area (Å²) in [6.45, 7) is 0. The van der Waals surface area contributed by atoms with E-state index in [0.29, 0.717) is 9.50 Å². The van der Waals surface area contributed by atoms with Crippen molar-refractivity contribution in [1.82, 2.24) is 0 Å². The lowest BCUT2D eigenvalue weighted by Gasteiger charge is -1.91. The zero-order chi connectivity index (χ0) is 10.3. The van der Waals surface area contributed by atoms with E-state index >= 15 is 0 Å². The summed E-state index contributed by atoms with van der Waals surface area (Å²) in [6, 6.07) is 5.39. The average molecular weight is 292 g/mol. The standard InChI is InChI=1S/C9H4BrClO2S/c10-6-4-2-1-3-5(11)7(4)14-8(6)9(12)13/h1-3H,(H,12,13). The molecule has 0 radical (unpaired) electrons. The molecule has 0 saturated heterocycles. The molecule has 0 aliphatic carbocycles. The molecule has 0 atom stereocenters. The van der Waals surface area contributed by atoms with Gasteiger partial charge in [-0.3, -0.25) is 0 Å². The Bertz CT molecular complexity index is 521. The lowest BCUT2D eigenvalue weighted by molar-refractivity contribution is 0.0701. The van der Waals surface area contributed by atoms with E-state index in [0.717, 1.165) is 10.1 Å². The van der Waals surface area contributed by atoms with E-state index in [-0.39, 0.29) is 4.88 Å². The highest BCUT2D eigenvalue weighted by molar-refractivity contribution is 9.10. The second-order valence-electron chi connectivity index (χ2n) is 2.67. The van der Waals surface area contributed by atoms with Gasteiger partial charge in [-0.05, 0) is 22.0 Å². The Morgan fingerprint density at radius 3 is 2.79 bits per heavy atom. The Morgan fingerprint density at radius 1 is 1.50 bits per heavy atom. The van der Waals surface area contributed by atoms with E-state index < -0.39 is 5.97 Å². The van der Waals surface area contributed by atoms with Gasteiger partial charge in [-0.25, -0.2) is 4.79 Å². The first kappa shape index (κ1) is 9.96. The largest absolute Gasteiger partial charge is 0.477 e. The molecular weight excluding hydrogens is 288 g/mol. The number of rotatable bonds is 1. The van der Waals surface area contributed by atoms with Crippen molar-refractivity contribution in [3.8, 4) is 0 Å². The normalized spacial score (nSPS) is 10.7. The van der Waals surface area contributed by atoms with Crippen LogP contribution in [-0.4, -0.2) is 11.1 Å². The van der Waals surface area contributed by atoms with Crippen LogP contribution >= 0.6 is 38.9 Å². The van der Waals surface area contributed by atoms with Gasteiger partial charge >= 0.3 is 5.97 Å². The molecule has 0 amide bonds.